The Hall–Kier alpha value is -1.32. The van der Waals surface area contributed by atoms with Gasteiger partial charge in [0.05, 0.1) is 5.56 Å². The summed E-state index contributed by atoms with van der Waals surface area (Å²) in [6.45, 7) is 0. The van der Waals surface area contributed by atoms with Gasteiger partial charge in [-0.1, -0.05) is 23.7 Å². The van der Waals surface area contributed by atoms with Crippen molar-refractivity contribution in [2.75, 3.05) is 0 Å². The van der Waals surface area contributed by atoms with Gasteiger partial charge < -0.3 is 5.11 Å². The zero-order chi connectivity index (χ0) is 10.8. The first-order chi connectivity index (χ1) is 7.18. The zero-order valence-corrected chi connectivity index (χ0v) is 9.18. The van der Waals surface area contributed by atoms with E-state index in [1.807, 2.05) is 17.5 Å². The predicted molar refractivity (Wildman–Crippen MR) is 61.7 cm³/mol. The van der Waals surface area contributed by atoms with Crippen molar-refractivity contribution in [1.82, 2.24) is 0 Å². The Bertz CT molecular complexity index is 488. The molecule has 0 saturated heterocycles. The summed E-state index contributed by atoms with van der Waals surface area (Å²) in [7, 11) is 0. The number of carbonyl (C=O) groups is 1. The number of halogens is 1. The molecule has 0 saturated carbocycles. The summed E-state index contributed by atoms with van der Waals surface area (Å²) >= 11 is 7.14. The van der Waals surface area contributed by atoms with Gasteiger partial charge in [-0.3, -0.25) is 0 Å². The molecule has 0 bridgehead atoms. The van der Waals surface area contributed by atoms with Crippen LogP contribution in [-0.4, -0.2) is 11.1 Å². The van der Waals surface area contributed by atoms with Crippen LogP contribution in [0.4, 0.5) is 0 Å². The molecule has 0 aliphatic heterocycles. The van der Waals surface area contributed by atoms with E-state index in [2.05, 4.69) is 0 Å². The summed E-state index contributed by atoms with van der Waals surface area (Å²) in [6, 6.07) is 7.13. The lowest BCUT2D eigenvalue weighted by molar-refractivity contribution is 0.0698. The van der Waals surface area contributed by atoms with Crippen molar-refractivity contribution >= 4 is 28.9 Å². The molecule has 2 rings (SSSR count). The van der Waals surface area contributed by atoms with E-state index in [0.717, 1.165) is 11.1 Å². The molecule has 15 heavy (non-hydrogen) atoms. The topological polar surface area (TPSA) is 37.3 Å². The van der Waals surface area contributed by atoms with Crippen LogP contribution < -0.4 is 0 Å². The van der Waals surface area contributed by atoms with Gasteiger partial charge in [0, 0.05) is 16.0 Å². The fourth-order valence-corrected chi connectivity index (χ4v) is 2.27. The quantitative estimate of drug-likeness (QED) is 0.865. The van der Waals surface area contributed by atoms with Crippen LogP contribution in [0.2, 0.25) is 5.02 Å². The largest absolute Gasteiger partial charge is 0.478 e. The summed E-state index contributed by atoms with van der Waals surface area (Å²) < 4.78 is 0. The van der Waals surface area contributed by atoms with Crippen LogP contribution in [0, 0.1) is 0 Å². The molecule has 0 amide bonds. The molecule has 76 valence electrons. The Morgan fingerprint density at radius 3 is 2.47 bits per heavy atom. The van der Waals surface area contributed by atoms with Gasteiger partial charge in [-0.25, -0.2) is 4.79 Å². The van der Waals surface area contributed by atoms with Crippen LogP contribution in [0.5, 0.6) is 0 Å². The van der Waals surface area contributed by atoms with Gasteiger partial charge in [0.15, 0.2) is 0 Å². The summed E-state index contributed by atoms with van der Waals surface area (Å²) in [4.78, 5) is 10.9. The minimum atomic E-state index is -0.902. The van der Waals surface area contributed by atoms with Crippen molar-refractivity contribution in [3.63, 3.8) is 0 Å². The first kappa shape index (κ1) is 10.2. The highest BCUT2D eigenvalue weighted by Gasteiger charge is 2.12. The van der Waals surface area contributed by atoms with Gasteiger partial charge in [-0.2, -0.15) is 11.3 Å². The van der Waals surface area contributed by atoms with E-state index in [1.54, 1.807) is 17.5 Å². The molecule has 0 atom stereocenters. The molecule has 2 aromatic rings. The van der Waals surface area contributed by atoms with Crippen molar-refractivity contribution in [2.45, 2.75) is 0 Å². The third-order valence-electron chi connectivity index (χ3n) is 2.05. The van der Waals surface area contributed by atoms with E-state index in [0.29, 0.717) is 10.6 Å². The van der Waals surface area contributed by atoms with Crippen LogP contribution in [0.25, 0.3) is 11.1 Å². The molecule has 0 radical (unpaired) electrons. The SMILES string of the molecule is O=C(O)c1cscc1-c1ccc(Cl)cc1. The van der Waals surface area contributed by atoms with Crippen molar-refractivity contribution in [3.8, 4) is 11.1 Å². The lowest BCUT2D eigenvalue weighted by Crippen LogP contribution is -1.95. The molecule has 1 heterocycles. The smallest absolute Gasteiger partial charge is 0.337 e. The second-order valence-electron chi connectivity index (χ2n) is 3.01. The Labute approximate surface area is 95.8 Å². The molecular formula is C11H7ClO2S. The highest BCUT2D eigenvalue weighted by atomic mass is 35.5. The highest BCUT2D eigenvalue weighted by molar-refractivity contribution is 7.08. The molecule has 0 aliphatic rings. The maximum absolute atomic E-state index is 10.9. The summed E-state index contributed by atoms with van der Waals surface area (Å²) in [5, 5.41) is 13.1. The molecule has 0 unspecified atom stereocenters. The minimum absolute atomic E-state index is 0.335. The normalized spacial score (nSPS) is 10.2. The third-order valence-corrected chi connectivity index (χ3v) is 3.04. The average Bonchev–Trinajstić information content (AvgIpc) is 2.67. The summed E-state index contributed by atoms with van der Waals surface area (Å²) in [5.41, 5.74) is 1.95. The minimum Gasteiger partial charge on any atom is -0.478 e. The van der Waals surface area contributed by atoms with E-state index in [1.165, 1.54) is 11.3 Å². The monoisotopic (exact) mass is 238 g/mol. The lowest BCUT2D eigenvalue weighted by atomic mass is 10.1. The van der Waals surface area contributed by atoms with Crippen LogP contribution >= 0.6 is 22.9 Å². The van der Waals surface area contributed by atoms with Crippen molar-refractivity contribution in [2.24, 2.45) is 0 Å². The van der Waals surface area contributed by atoms with Crippen molar-refractivity contribution in [1.29, 1.82) is 0 Å². The molecule has 4 heteroatoms. The number of carboxylic acid groups (broad SMARTS) is 1. The van der Waals surface area contributed by atoms with E-state index >= 15 is 0 Å². The molecule has 0 spiro atoms. The Morgan fingerprint density at radius 2 is 1.87 bits per heavy atom. The number of hydrogen-bond donors (Lipinski definition) is 1. The molecular weight excluding hydrogens is 232 g/mol. The first-order valence-corrected chi connectivity index (χ1v) is 5.56. The van der Waals surface area contributed by atoms with Crippen molar-refractivity contribution in [3.05, 3.63) is 45.6 Å². The maximum Gasteiger partial charge on any atom is 0.337 e. The molecule has 1 N–H and O–H groups in total. The average molecular weight is 239 g/mol. The van der Waals surface area contributed by atoms with Crippen LogP contribution in [-0.2, 0) is 0 Å². The van der Waals surface area contributed by atoms with Gasteiger partial charge in [0.25, 0.3) is 0 Å². The molecule has 0 fully saturated rings. The zero-order valence-electron chi connectivity index (χ0n) is 7.61. The number of hydrogen-bond acceptors (Lipinski definition) is 2. The van der Waals surface area contributed by atoms with Gasteiger partial charge in [-0.05, 0) is 23.1 Å². The molecule has 1 aromatic heterocycles. The van der Waals surface area contributed by atoms with Crippen LogP contribution in [0.15, 0.2) is 35.0 Å². The van der Waals surface area contributed by atoms with Crippen LogP contribution in [0.1, 0.15) is 10.4 Å². The van der Waals surface area contributed by atoms with Crippen molar-refractivity contribution < 1.29 is 9.90 Å². The molecule has 2 nitrogen and oxygen atoms in total. The fraction of sp³-hybridized carbons (Fsp3) is 0. The number of rotatable bonds is 2. The first-order valence-electron chi connectivity index (χ1n) is 4.24. The van der Waals surface area contributed by atoms with Gasteiger partial charge in [0.1, 0.15) is 0 Å². The van der Waals surface area contributed by atoms with Gasteiger partial charge >= 0.3 is 5.97 Å². The summed E-state index contributed by atoms with van der Waals surface area (Å²) in [5.74, 6) is -0.902. The lowest BCUT2D eigenvalue weighted by Gasteiger charge is -2.00. The second kappa shape index (κ2) is 4.04. The number of thiophene rings is 1. The molecule has 0 aliphatic carbocycles. The maximum atomic E-state index is 10.9. The Kier molecular flexibility index (Phi) is 2.75. The summed E-state index contributed by atoms with van der Waals surface area (Å²) in [6.07, 6.45) is 0. The Morgan fingerprint density at radius 1 is 1.20 bits per heavy atom. The van der Waals surface area contributed by atoms with Crippen LogP contribution in [0.3, 0.4) is 0 Å². The Balaban J connectivity index is 2.49. The predicted octanol–water partition coefficient (Wildman–Crippen LogP) is 3.77. The van der Waals surface area contributed by atoms with E-state index in [-0.39, 0.29) is 0 Å². The third kappa shape index (κ3) is 2.03. The number of benzene rings is 1. The van der Waals surface area contributed by atoms with Gasteiger partial charge in [-0.15, -0.1) is 0 Å². The standard InChI is InChI=1S/C11H7ClO2S/c12-8-3-1-7(2-4-8)9-5-15-6-10(9)11(13)14/h1-6H,(H,13,14). The fourth-order valence-electron chi connectivity index (χ4n) is 1.32. The van der Waals surface area contributed by atoms with E-state index in [9.17, 15) is 4.79 Å². The van der Waals surface area contributed by atoms with E-state index < -0.39 is 5.97 Å². The second-order valence-corrected chi connectivity index (χ2v) is 4.19. The number of aromatic carboxylic acids is 1. The molecule has 1 aromatic carbocycles. The van der Waals surface area contributed by atoms with E-state index in [4.69, 9.17) is 16.7 Å². The van der Waals surface area contributed by atoms with Gasteiger partial charge in [0.2, 0.25) is 0 Å². The number of carboxylic acids is 1. The highest BCUT2D eigenvalue weighted by Crippen LogP contribution is 2.28.